The topological polar surface area (TPSA) is 116 Å². The summed E-state index contributed by atoms with van der Waals surface area (Å²) in [5.41, 5.74) is 0.388. The molecule has 1 fully saturated rings. The van der Waals surface area contributed by atoms with Crippen LogP contribution >= 0.6 is 0 Å². The van der Waals surface area contributed by atoms with Gasteiger partial charge in [0.25, 0.3) is 5.09 Å². The van der Waals surface area contributed by atoms with Gasteiger partial charge in [0.2, 0.25) is 0 Å². The number of hydrogen-bond acceptors (Lipinski definition) is 8. The molecular formula is C27H47N5O5. The molecule has 1 saturated heterocycles. The predicted octanol–water partition coefficient (Wildman–Crippen LogP) is 4.02. The summed E-state index contributed by atoms with van der Waals surface area (Å²) in [6, 6.07) is 4.15. The van der Waals surface area contributed by atoms with Crippen LogP contribution in [0, 0.1) is 15.3 Å². The van der Waals surface area contributed by atoms with Crippen molar-refractivity contribution in [2.45, 2.75) is 96.9 Å². The van der Waals surface area contributed by atoms with Gasteiger partial charge in [0, 0.05) is 38.4 Å². The van der Waals surface area contributed by atoms with E-state index in [1.807, 2.05) is 6.07 Å². The van der Waals surface area contributed by atoms with Crippen molar-refractivity contribution in [3.8, 4) is 0 Å². The minimum Gasteiger partial charge on any atom is -0.626 e. The highest BCUT2D eigenvalue weighted by atomic mass is 16.9. The van der Waals surface area contributed by atoms with Crippen LogP contribution in [-0.4, -0.2) is 66.3 Å². The molecule has 10 heteroatoms. The number of unbranched alkanes of at least 4 members (excludes halogenated alkanes) is 11. The minimum absolute atomic E-state index is 0.202. The van der Waals surface area contributed by atoms with Crippen molar-refractivity contribution in [1.82, 2.24) is 9.88 Å². The quantitative estimate of drug-likeness (QED) is 0.165. The molecule has 0 bridgehead atoms. The van der Waals surface area contributed by atoms with Crippen LogP contribution in [0.15, 0.2) is 18.3 Å². The van der Waals surface area contributed by atoms with Crippen molar-refractivity contribution in [3.05, 3.63) is 39.2 Å². The summed E-state index contributed by atoms with van der Waals surface area (Å²) >= 11 is 0. The zero-order valence-corrected chi connectivity index (χ0v) is 22.9. The second kappa shape index (κ2) is 18.0. The van der Waals surface area contributed by atoms with E-state index in [2.05, 4.69) is 33.5 Å². The fraction of sp³-hybridized carbons (Fsp3) is 0.778. The third-order valence-electron chi connectivity index (χ3n) is 7.13. The van der Waals surface area contributed by atoms with Gasteiger partial charge in [-0.3, -0.25) is 4.90 Å². The molecular weight excluding hydrogens is 474 g/mol. The second-order valence-corrected chi connectivity index (χ2v) is 10.3. The number of anilines is 1. The summed E-state index contributed by atoms with van der Waals surface area (Å²) in [7, 11) is 0. The molecule has 0 saturated carbocycles. The highest BCUT2D eigenvalue weighted by Crippen LogP contribution is 2.15. The Kier molecular flexibility index (Phi) is 15.1. The maximum absolute atomic E-state index is 12.5. The molecule has 0 radical (unpaired) electrons. The molecule has 10 nitrogen and oxygen atoms in total. The summed E-state index contributed by atoms with van der Waals surface area (Å²) in [6.07, 6.45) is 14.4. The third kappa shape index (κ3) is 12.7. The summed E-state index contributed by atoms with van der Waals surface area (Å²) in [5.74, 6) is 0.446. The lowest BCUT2D eigenvalue weighted by molar-refractivity contribution is -0.757. The van der Waals surface area contributed by atoms with Gasteiger partial charge in [-0.05, 0) is 45.2 Å². The Morgan fingerprint density at radius 2 is 1.49 bits per heavy atom. The minimum atomic E-state index is -0.731. The average Bonchev–Trinajstić information content (AvgIpc) is 2.90. The van der Waals surface area contributed by atoms with Gasteiger partial charge in [0.05, 0.1) is 18.7 Å². The first kappa shape index (κ1) is 30.9. The van der Waals surface area contributed by atoms with Gasteiger partial charge >= 0.3 is 5.91 Å². The first-order valence-electron chi connectivity index (χ1n) is 14.2. The molecule has 1 aromatic heterocycles. The van der Waals surface area contributed by atoms with E-state index in [1.54, 1.807) is 12.3 Å². The molecule has 1 aliphatic heterocycles. The second-order valence-electron chi connectivity index (χ2n) is 10.3. The van der Waals surface area contributed by atoms with Crippen molar-refractivity contribution < 1.29 is 19.8 Å². The van der Waals surface area contributed by atoms with E-state index in [1.165, 1.54) is 32.1 Å². The van der Waals surface area contributed by atoms with Gasteiger partial charge in [-0.1, -0.05) is 57.8 Å². The molecule has 1 amide bonds. The molecule has 37 heavy (non-hydrogen) atoms. The number of piperazine rings is 1. The maximum atomic E-state index is 12.5. The van der Waals surface area contributed by atoms with E-state index in [0.717, 1.165) is 76.9 Å². The fourth-order valence-electron chi connectivity index (χ4n) is 4.74. The number of nitrogens with zero attached hydrogens (tertiary/aromatic N) is 4. The number of rotatable bonds is 19. The van der Waals surface area contributed by atoms with Crippen molar-refractivity contribution in [2.75, 3.05) is 44.2 Å². The molecule has 210 valence electrons. The standard InChI is InChI=1S/C27H47N5O5/c1-24(2)29-18-20-30(21-19-29)26-16-15-25(23-28-26)27(33)31(34)17-13-11-9-7-5-3-4-6-8-10-12-14-22-37-32(35)36/h15-16,23-24,31H,3-14,17-22H2,1-2H3. The monoisotopic (exact) mass is 521 g/mol. The number of hydrogen-bond donors (Lipinski definition) is 1. The van der Waals surface area contributed by atoms with Crippen LogP contribution in [0.25, 0.3) is 0 Å². The number of carbonyl (C=O) groups excluding carboxylic acids is 1. The Balaban J connectivity index is 1.47. The molecule has 1 atom stereocenters. The van der Waals surface area contributed by atoms with Crippen LogP contribution in [0.2, 0.25) is 0 Å². The highest BCUT2D eigenvalue weighted by Gasteiger charge is 2.21. The van der Waals surface area contributed by atoms with Crippen LogP contribution in [-0.2, 0) is 4.84 Å². The number of nitrogens with one attached hydrogen (secondary N) is 1. The summed E-state index contributed by atoms with van der Waals surface area (Å²) < 4.78 is 0. The molecule has 1 N–H and O–H groups in total. The van der Waals surface area contributed by atoms with Crippen LogP contribution in [0.5, 0.6) is 0 Å². The molecule has 0 aromatic carbocycles. The van der Waals surface area contributed by atoms with E-state index in [-0.39, 0.29) is 11.7 Å². The Hall–Kier alpha value is -2.30. The molecule has 1 unspecified atom stereocenters. The van der Waals surface area contributed by atoms with Gasteiger partial charge in [0.1, 0.15) is 5.82 Å². The lowest BCUT2D eigenvalue weighted by Gasteiger charge is -2.37. The lowest BCUT2D eigenvalue weighted by Crippen LogP contribution is -3.10. The Bertz CT molecular complexity index is 769. The average molecular weight is 522 g/mol. The maximum Gasteiger partial charge on any atom is 0.345 e. The molecule has 1 aliphatic rings. The summed E-state index contributed by atoms with van der Waals surface area (Å²) in [4.78, 5) is 36.0. The van der Waals surface area contributed by atoms with E-state index in [0.29, 0.717) is 18.2 Å². The molecule has 0 aliphatic carbocycles. The van der Waals surface area contributed by atoms with E-state index in [4.69, 9.17) is 0 Å². The molecule has 2 heterocycles. The number of hydroxylamine groups is 2. The first-order chi connectivity index (χ1) is 17.9. The van der Waals surface area contributed by atoms with Crippen LogP contribution in [0.1, 0.15) is 101 Å². The summed E-state index contributed by atoms with van der Waals surface area (Å²) in [5, 5.41) is 21.4. The largest absolute Gasteiger partial charge is 0.626 e. The van der Waals surface area contributed by atoms with Crippen molar-refractivity contribution in [3.63, 3.8) is 0 Å². The fourth-order valence-corrected chi connectivity index (χ4v) is 4.74. The van der Waals surface area contributed by atoms with Gasteiger partial charge in [-0.15, -0.1) is 10.1 Å². The van der Waals surface area contributed by atoms with Gasteiger partial charge < -0.3 is 20.0 Å². The smallest absolute Gasteiger partial charge is 0.345 e. The van der Waals surface area contributed by atoms with Crippen molar-refractivity contribution >= 4 is 11.7 Å². The number of amides is 1. The normalized spacial score (nSPS) is 15.2. The third-order valence-corrected chi connectivity index (χ3v) is 7.13. The van der Waals surface area contributed by atoms with Crippen molar-refractivity contribution in [1.29, 1.82) is 0 Å². The van der Waals surface area contributed by atoms with E-state index in [9.17, 15) is 20.1 Å². The number of carbonyl (C=O) groups is 1. The Morgan fingerprint density at radius 3 is 1.97 bits per heavy atom. The predicted molar refractivity (Wildman–Crippen MR) is 145 cm³/mol. The number of aromatic nitrogens is 1. The number of quaternary nitrogens is 1. The zero-order chi connectivity index (χ0) is 26.9. The van der Waals surface area contributed by atoms with E-state index < -0.39 is 11.0 Å². The van der Waals surface area contributed by atoms with Gasteiger partial charge in [-0.25, -0.2) is 9.78 Å². The van der Waals surface area contributed by atoms with Crippen LogP contribution in [0.4, 0.5) is 5.82 Å². The number of pyridine rings is 1. The molecule has 2 rings (SSSR count). The molecule has 1 aromatic rings. The van der Waals surface area contributed by atoms with Gasteiger partial charge in [-0.2, -0.15) is 0 Å². The van der Waals surface area contributed by atoms with Crippen molar-refractivity contribution in [2.24, 2.45) is 0 Å². The first-order valence-corrected chi connectivity index (χ1v) is 14.2. The van der Waals surface area contributed by atoms with Crippen LogP contribution in [0.3, 0.4) is 0 Å². The van der Waals surface area contributed by atoms with E-state index >= 15 is 0 Å². The Morgan fingerprint density at radius 1 is 0.946 bits per heavy atom. The Labute approximate surface area is 222 Å². The zero-order valence-electron chi connectivity index (χ0n) is 22.9. The molecule has 0 spiro atoms. The lowest BCUT2D eigenvalue weighted by atomic mass is 10.1. The SMILES string of the molecule is CC(C)N1CCN(c2ccc(C(=O)[NH+]([O-])CCCCCCCCCCCCCCO[N+](=O)[O-])cn2)CC1. The van der Waals surface area contributed by atoms with Gasteiger partial charge in [0.15, 0.2) is 0 Å². The van der Waals surface area contributed by atoms with Crippen LogP contribution < -0.4 is 9.96 Å². The highest BCUT2D eigenvalue weighted by molar-refractivity contribution is 5.87. The summed E-state index contributed by atoms with van der Waals surface area (Å²) in [6.45, 7) is 8.79.